The summed E-state index contributed by atoms with van der Waals surface area (Å²) in [5.41, 5.74) is 0.425. The third kappa shape index (κ3) is 3.01. The molecule has 0 aromatic heterocycles. The van der Waals surface area contributed by atoms with E-state index in [0.717, 1.165) is 25.9 Å². The van der Waals surface area contributed by atoms with Crippen molar-refractivity contribution in [1.29, 1.82) is 0 Å². The zero-order chi connectivity index (χ0) is 12.5. The molecule has 0 unspecified atom stereocenters. The lowest BCUT2D eigenvalue weighted by Gasteiger charge is -2.28. The van der Waals surface area contributed by atoms with Gasteiger partial charge in [0.1, 0.15) is 0 Å². The Kier molecular flexibility index (Phi) is 3.76. The molecule has 0 aromatic rings. The number of piperidine rings is 1. The Morgan fingerprint density at radius 1 is 1.47 bits per heavy atom. The van der Waals surface area contributed by atoms with Gasteiger partial charge in [0.15, 0.2) is 0 Å². The van der Waals surface area contributed by atoms with Gasteiger partial charge in [-0.15, -0.1) is 0 Å². The topological polar surface area (TPSA) is 41.1 Å². The van der Waals surface area contributed by atoms with Crippen molar-refractivity contribution in [2.75, 3.05) is 13.1 Å². The molecule has 2 rings (SSSR count). The van der Waals surface area contributed by atoms with Crippen LogP contribution in [0.4, 0.5) is 0 Å². The number of nitrogens with one attached hydrogen (secondary N) is 2. The van der Waals surface area contributed by atoms with Gasteiger partial charge in [-0.25, -0.2) is 0 Å². The first-order valence-corrected chi connectivity index (χ1v) is 7.04. The van der Waals surface area contributed by atoms with Gasteiger partial charge in [-0.1, -0.05) is 13.8 Å². The van der Waals surface area contributed by atoms with E-state index in [1.807, 2.05) is 0 Å². The Morgan fingerprint density at radius 2 is 2.18 bits per heavy atom. The lowest BCUT2D eigenvalue weighted by atomic mass is 9.90. The van der Waals surface area contributed by atoms with Crippen molar-refractivity contribution in [1.82, 2.24) is 10.6 Å². The highest BCUT2D eigenvalue weighted by atomic mass is 16.1. The van der Waals surface area contributed by atoms with Crippen LogP contribution in [-0.2, 0) is 4.79 Å². The average molecular weight is 238 g/mol. The number of carbonyl (C=O) groups is 1. The van der Waals surface area contributed by atoms with Gasteiger partial charge < -0.3 is 10.6 Å². The monoisotopic (exact) mass is 238 g/mol. The molecule has 17 heavy (non-hydrogen) atoms. The minimum absolute atomic E-state index is 0.231. The first-order valence-electron chi connectivity index (χ1n) is 7.04. The van der Waals surface area contributed by atoms with Crippen LogP contribution in [0.25, 0.3) is 0 Å². The van der Waals surface area contributed by atoms with Crippen LogP contribution in [0.3, 0.4) is 0 Å². The van der Waals surface area contributed by atoms with Crippen LogP contribution in [-0.4, -0.2) is 25.0 Å². The highest BCUT2D eigenvalue weighted by Crippen LogP contribution is 2.51. The fraction of sp³-hybridized carbons (Fsp3) is 0.929. The number of hydrogen-bond donors (Lipinski definition) is 2. The van der Waals surface area contributed by atoms with Gasteiger partial charge in [0.05, 0.1) is 0 Å². The first-order chi connectivity index (χ1) is 8.03. The van der Waals surface area contributed by atoms with Crippen molar-refractivity contribution in [2.24, 2.45) is 17.3 Å². The van der Waals surface area contributed by atoms with E-state index in [0.29, 0.717) is 17.4 Å². The Hall–Kier alpha value is -0.570. The second kappa shape index (κ2) is 4.97. The van der Waals surface area contributed by atoms with Gasteiger partial charge >= 0.3 is 0 Å². The smallest absolute Gasteiger partial charge is 0.223 e. The summed E-state index contributed by atoms with van der Waals surface area (Å²) in [5.74, 6) is 1.20. The Balaban J connectivity index is 1.77. The predicted octanol–water partition coefficient (Wildman–Crippen LogP) is 1.93. The Morgan fingerprint density at radius 3 is 2.71 bits per heavy atom. The molecule has 0 spiro atoms. The summed E-state index contributed by atoms with van der Waals surface area (Å²) in [7, 11) is 0. The maximum atomic E-state index is 12.1. The van der Waals surface area contributed by atoms with Crippen LogP contribution in [0.1, 0.15) is 46.5 Å². The van der Waals surface area contributed by atoms with Crippen LogP contribution in [0, 0.1) is 17.3 Å². The third-order valence-electron chi connectivity index (χ3n) is 4.73. The fourth-order valence-corrected chi connectivity index (χ4v) is 2.90. The molecule has 1 aliphatic heterocycles. The van der Waals surface area contributed by atoms with Crippen molar-refractivity contribution in [2.45, 2.75) is 52.5 Å². The van der Waals surface area contributed by atoms with Gasteiger partial charge in [0.2, 0.25) is 5.91 Å². The zero-order valence-corrected chi connectivity index (χ0v) is 11.4. The van der Waals surface area contributed by atoms with Crippen LogP contribution >= 0.6 is 0 Å². The quantitative estimate of drug-likeness (QED) is 0.786. The summed E-state index contributed by atoms with van der Waals surface area (Å²) < 4.78 is 0. The van der Waals surface area contributed by atoms with E-state index in [9.17, 15) is 4.79 Å². The second-order valence-electron chi connectivity index (χ2n) is 6.31. The molecule has 0 aromatic carbocycles. The minimum atomic E-state index is 0.231. The van der Waals surface area contributed by atoms with E-state index in [-0.39, 0.29) is 11.8 Å². The van der Waals surface area contributed by atoms with Crippen LogP contribution in [0.5, 0.6) is 0 Å². The SMILES string of the molecule is CC(C)C1(CNC(=O)[C@H]2CCN[C@@H](C)C2)CC1. The summed E-state index contributed by atoms with van der Waals surface area (Å²) in [6, 6.07) is 0.486. The van der Waals surface area contributed by atoms with Crippen molar-refractivity contribution in [3.63, 3.8) is 0 Å². The first kappa shape index (κ1) is 12.9. The zero-order valence-electron chi connectivity index (χ0n) is 11.4. The maximum Gasteiger partial charge on any atom is 0.223 e. The normalized spacial score (nSPS) is 31.3. The number of rotatable bonds is 4. The van der Waals surface area contributed by atoms with Crippen LogP contribution in [0.15, 0.2) is 0 Å². The van der Waals surface area contributed by atoms with Crippen molar-refractivity contribution >= 4 is 5.91 Å². The largest absolute Gasteiger partial charge is 0.355 e. The molecule has 1 aliphatic carbocycles. The lowest BCUT2D eigenvalue weighted by molar-refractivity contribution is -0.126. The molecule has 0 radical (unpaired) electrons. The van der Waals surface area contributed by atoms with Gasteiger partial charge in [-0.05, 0) is 50.5 Å². The molecule has 1 saturated carbocycles. The Labute approximate surface area is 105 Å². The van der Waals surface area contributed by atoms with Crippen molar-refractivity contribution < 1.29 is 4.79 Å². The van der Waals surface area contributed by atoms with Gasteiger partial charge in [0.25, 0.3) is 0 Å². The van der Waals surface area contributed by atoms with Crippen molar-refractivity contribution in [3.05, 3.63) is 0 Å². The summed E-state index contributed by atoms with van der Waals surface area (Å²) >= 11 is 0. The summed E-state index contributed by atoms with van der Waals surface area (Å²) in [6.45, 7) is 8.57. The molecule has 3 nitrogen and oxygen atoms in total. The molecule has 2 fully saturated rings. The third-order valence-corrected chi connectivity index (χ3v) is 4.73. The van der Waals surface area contributed by atoms with E-state index in [2.05, 4.69) is 31.4 Å². The van der Waals surface area contributed by atoms with Crippen molar-refractivity contribution in [3.8, 4) is 0 Å². The summed E-state index contributed by atoms with van der Waals surface area (Å²) in [4.78, 5) is 12.1. The standard InChI is InChI=1S/C14H26N2O/c1-10(2)14(5-6-14)9-16-13(17)12-4-7-15-11(3)8-12/h10-12,15H,4-9H2,1-3H3,(H,16,17)/t11-,12-/m0/s1. The maximum absolute atomic E-state index is 12.1. The molecule has 98 valence electrons. The number of carbonyl (C=O) groups excluding carboxylic acids is 1. The van der Waals surface area contributed by atoms with E-state index in [1.54, 1.807) is 0 Å². The lowest BCUT2D eigenvalue weighted by Crippen LogP contribution is -2.44. The van der Waals surface area contributed by atoms with E-state index in [1.165, 1.54) is 12.8 Å². The van der Waals surface area contributed by atoms with Gasteiger partial charge in [-0.2, -0.15) is 0 Å². The second-order valence-corrected chi connectivity index (χ2v) is 6.31. The minimum Gasteiger partial charge on any atom is -0.355 e. The number of amides is 1. The van der Waals surface area contributed by atoms with Gasteiger partial charge in [-0.3, -0.25) is 4.79 Å². The molecular weight excluding hydrogens is 212 g/mol. The highest BCUT2D eigenvalue weighted by molar-refractivity contribution is 5.78. The van der Waals surface area contributed by atoms with E-state index >= 15 is 0 Å². The van der Waals surface area contributed by atoms with Crippen LogP contribution in [0.2, 0.25) is 0 Å². The molecule has 0 bridgehead atoms. The van der Waals surface area contributed by atoms with Gasteiger partial charge in [0, 0.05) is 18.5 Å². The number of hydrogen-bond acceptors (Lipinski definition) is 2. The highest BCUT2D eigenvalue weighted by Gasteiger charge is 2.45. The average Bonchev–Trinajstić information content (AvgIpc) is 3.07. The molecule has 2 N–H and O–H groups in total. The van der Waals surface area contributed by atoms with E-state index < -0.39 is 0 Å². The molecular formula is C14H26N2O. The summed E-state index contributed by atoms with van der Waals surface area (Å²) in [5, 5.41) is 6.58. The van der Waals surface area contributed by atoms with Crippen LogP contribution < -0.4 is 10.6 Å². The van der Waals surface area contributed by atoms with E-state index in [4.69, 9.17) is 0 Å². The predicted molar refractivity (Wildman–Crippen MR) is 69.7 cm³/mol. The molecule has 2 aliphatic rings. The molecule has 1 amide bonds. The molecule has 1 heterocycles. The summed E-state index contributed by atoms with van der Waals surface area (Å²) in [6.07, 6.45) is 4.55. The molecule has 3 heteroatoms. The Bertz CT molecular complexity index is 284. The fourth-order valence-electron chi connectivity index (χ4n) is 2.90. The molecule has 2 atom stereocenters. The molecule has 1 saturated heterocycles.